The maximum atomic E-state index is 8.91. The number of aliphatic imine (C=N–C) groups is 1. The van der Waals surface area contributed by atoms with Gasteiger partial charge in [0.1, 0.15) is 12.4 Å². The monoisotopic (exact) mass is 336 g/mol. The van der Waals surface area contributed by atoms with Crippen LogP contribution in [-0.4, -0.2) is 29.9 Å². The number of nitrogens with zero attached hydrogens (tertiary/aromatic N) is 3. The Kier molecular flexibility index (Phi) is 5.97. The number of halogens is 1. The van der Waals surface area contributed by atoms with E-state index in [9.17, 15) is 0 Å². The normalized spacial score (nSPS) is 28.7. The van der Waals surface area contributed by atoms with Gasteiger partial charge in [-0.3, -0.25) is 0 Å². The van der Waals surface area contributed by atoms with E-state index in [1.165, 1.54) is 25.7 Å². The molecular formula is C18H29ClN4. The Bertz CT molecular complexity index is 504. The van der Waals surface area contributed by atoms with E-state index in [1.54, 1.807) is 6.34 Å². The van der Waals surface area contributed by atoms with E-state index >= 15 is 0 Å². The fraction of sp³-hybridized carbons (Fsp3) is 0.778. The first-order chi connectivity index (χ1) is 10.9. The van der Waals surface area contributed by atoms with Gasteiger partial charge in [0, 0.05) is 6.04 Å². The van der Waals surface area contributed by atoms with E-state index in [-0.39, 0.29) is 6.04 Å². The lowest BCUT2D eigenvalue weighted by Crippen LogP contribution is -2.41. The minimum absolute atomic E-state index is 0.0576. The van der Waals surface area contributed by atoms with E-state index in [2.05, 4.69) is 44.1 Å². The summed E-state index contributed by atoms with van der Waals surface area (Å²) in [7, 11) is 0. The molecule has 2 aliphatic rings. The summed E-state index contributed by atoms with van der Waals surface area (Å²) < 4.78 is 0. The molecule has 1 fully saturated rings. The second-order valence-corrected chi connectivity index (χ2v) is 8.16. The first-order valence-corrected chi connectivity index (χ1v) is 9.07. The van der Waals surface area contributed by atoms with Crippen molar-refractivity contribution in [3.8, 4) is 6.07 Å². The Morgan fingerprint density at radius 3 is 2.52 bits per heavy atom. The molecule has 23 heavy (non-hydrogen) atoms. The van der Waals surface area contributed by atoms with Crippen LogP contribution in [-0.2, 0) is 0 Å². The second-order valence-electron chi connectivity index (χ2n) is 7.75. The highest BCUT2D eigenvalue weighted by molar-refractivity contribution is 6.30. The molecular weight excluding hydrogens is 308 g/mol. The Morgan fingerprint density at radius 1 is 1.35 bits per heavy atom. The summed E-state index contributed by atoms with van der Waals surface area (Å²) in [6.07, 6.45) is 7.48. The average molecular weight is 337 g/mol. The molecule has 1 N–H and O–H groups in total. The Morgan fingerprint density at radius 2 is 2.00 bits per heavy atom. The summed E-state index contributed by atoms with van der Waals surface area (Å²) >= 11 is 6.55. The number of nitrogens with one attached hydrogen (secondary N) is 1. The van der Waals surface area contributed by atoms with Gasteiger partial charge in [-0.05, 0) is 43.4 Å². The molecule has 1 atom stereocenters. The Labute approximate surface area is 145 Å². The van der Waals surface area contributed by atoms with Crippen LogP contribution in [0.3, 0.4) is 0 Å². The van der Waals surface area contributed by atoms with Gasteiger partial charge < -0.3 is 10.2 Å². The van der Waals surface area contributed by atoms with Crippen molar-refractivity contribution in [2.45, 2.75) is 71.9 Å². The van der Waals surface area contributed by atoms with Crippen molar-refractivity contribution in [2.75, 3.05) is 6.54 Å². The van der Waals surface area contributed by atoms with Crippen LogP contribution in [0, 0.1) is 22.7 Å². The average Bonchev–Trinajstić information content (AvgIpc) is 2.50. The fourth-order valence-electron chi connectivity index (χ4n) is 3.63. The van der Waals surface area contributed by atoms with Gasteiger partial charge in [-0.2, -0.15) is 5.26 Å². The van der Waals surface area contributed by atoms with Crippen molar-refractivity contribution in [2.24, 2.45) is 16.3 Å². The molecule has 1 saturated carbocycles. The summed E-state index contributed by atoms with van der Waals surface area (Å²) in [4.78, 5) is 6.36. The highest BCUT2D eigenvalue weighted by atomic mass is 35.5. The highest BCUT2D eigenvalue weighted by Gasteiger charge is 2.31. The minimum atomic E-state index is 0.0576. The van der Waals surface area contributed by atoms with Crippen LogP contribution >= 0.6 is 11.6 Å². The topological polar surface area (TPSA) is 51.4 Å². The molecule has 1 aliphatic heterocycles. The van der Waals surface area contributed by atoms with Gasteiger partial charge in [-0.25, -0.2) is 4.99 Å². The highest BCUT2D eigenvalue weighted by Crippen LogP contribution is 2.38. The molecule has 1 aliphatic carbocycles. The van der Waals surface area contributed by atoms with E-state index in [4.69, 9.17) is 16.9 Å². The number of nitriles is 1. The van der Waals surface area contributed by atoms with Crippen molar-refractivity contribution < 1.29 is 0 Å². The van der Waals surface area contributed by atoms with Crippen LogP contribution in [0.15, 0.2) is 15.8 Å². The summed E-state index contributed by atoms with van der Waals surface area (Å²) in [6, 6.07) is 2.68. The van der Waals surface area contributed by atoms with Crippen LogP contribution < -0.4 is 5.32 Å². The predicted molar refractivity (Wildman–Crippen MR) is 96.1 cm³/mol. The fourth-order valence-corrected chi connectivity index (χ4v) is 4.01. The molecule has 0 saturated heterocycles. The van der Waals surface area contributed by atoms with E-state index in [0.717, 1.165) is 23.2 Å². The van der Waals surface area contributed by atoms with Crippen LogP contribution in [0.2, 0.25) is 0 Å². The first kappa shape index (κ1) is 18.1. The molecule has 0 amide bonds. The molecule has 0 bridgehead atoms. The van der Waals surface area contributed by atoms with Gasteiger partial charge in [-0.15, -0.1) is 0 Å². The molecule has 0 spiro atoms. The van der Waals surface area contributed by atoms with E-state index < -0.39 is 0 Å². The van der Waals surface area contributed by atoms with E-state index in [0.29, 0.717) is 18.0 Å². The lowest BCUT2D eigenvalue weighted by Gasteiger charge is -2.38. The smallest absolute Gasteiger partial charge is 0.144 e. The van der Waals surface area contributed by atoms with Crippen molar-refractivity contribution in [3.63, 3.8) is 0 Å². The van der Waals surface area contributed by atoms with Crippen LogP contribution in [0.1, 0.15) is 59.8 Å². The number of rotatable bonds is 4. The molecule has 4 nitrogen and oxygen atoms in total. The zero-order chi connectivity index (χ0) is 17.0. The summed E-state index contributed by atoms with van der Waals surface area (Å²) in [5.41, 5.74) is 0.399. The third-order valence-electron chi connectivity index (χ3n) is 5.19. The first-order valence-electron chi connectivity index (χ1n) is 8.69. The summed E-state index contributed by atoms with van der Waals surface area (Å²) in [5.74, 6) is 1.60. The lowest BCUT2D eigenvalue weighted by atomic mass is 9.71. The van der Waals surface area contributed by atoms with Crippen LogP contribution in [0.5, 0.6) is 0 Å². The SMILES string of the molecule is CCC1C(Cl)=C(NC2CCC(C(C)(C)C)CC2)N=CN1CC#N. The molecule has 0 aromatic carbocycles. The molecule has 0 aromatic heterocycles. The Balaban J connectivity index is 1.97. The molecule has 5 heteroatoms. The van der Waals surface area contributed by atoms with Gasteiger partial charge in [0.25, 0.3) is 0 Å². The van der Waals surface area contributed by atoms with Gasteiger partial charge >= 0.3 is 0 Å². The maximum Gasteiger partial charge on any atom is 0.144 e. The predicted octanol–water partition coefficient (Wildman–Crippen LogP) is 4.23. The molecule has 0 radical (unpaired) electrons. The summed E-state index contributed by atoms with van der Waals surface area (Å²) in [5, 5.41) is 13.2. The summed E-state index contributed by atoms with van der Waals surface area (Å²) in [6.45, 7) is 9.43. The van der Waals surface area contributed by atoms with Crippen molar-refractivity contribution in [1.29, 1.82) is 5.26 Å². The number of hydrogen-bond donors (Lipinski definition) is 1. The van der Waals surface area contributed by atoms with Gasteiger partial charge in [-0.1, -0.05) is 39.3 Å². The molecule has 1 unspecified atom stereocenters. The van der Waals surface area contributed by atoms with Crippen molar-refractivity contribution in [3.05, 3.63) is 10.9 Å². The largest absolute Gasteiger partial charge is 0.366 e. The standard InChI is InChI=1S/C18H29ClN4/c1-5-15-16(19)17(21-12-23(15)11-10-20)22-14-8-6-13(7-9-14)18(2,3)4/h12-15,22H,5-9,11H2,1-4H3. The Hall–Kier alpha value is -1.21. The molecule has 1 heterocycles. The quantitative estimate of drug-likeness (QED) is 0.781. The van der Waals surface area contributed by atoms with Gasteiger partial charge in [0.2, 0.25) is 0 Å². The van der Waals surface area contributed by atoms with Crippen LogP contribution in [0.4, 0.5) is 0 Å². The van der Waals surface area contributed by atoms with Gasteiger partial charge in [0.15, 0.2) is 0 Å². The minimum Gasteiger partial charge on any atom is -0.366 e. The van der Waals surface area contributed by atoms with Gasteiger partial charge in [0.05, 0.1) is 23.5 Å². The molecule has 2 rings (SSSR count). The zero-order valence-electron chi connectivity index (χ0n) is 14.8. The molecule has 128 valence electrons. The van der Waals surface area contributed by atoms with Crippen molar-refractivity contribution in [1.82, 2.24) is 10.2 Å². The van der Waals surface area contributed by atoms with E-state index in [1.807, 2.05) is 4.90 Å². The maximum absolute atomic E-state index is 8.91. The zero-order valence-corrected chi connectivity index (χ0v) is 15.5. The number of hydrogen-bond acceptors (Lipinski definition) is 4. The second kappa shape index (κ2) is 7.57. The molecule has 0 aromatic rings. The lowest BCUT2D eigenvalue weighted by molar-refractivity contribution is 0.163. The van der Waals surface area contributed by atoms with Crippen molar-refractivity contribution >= 4 is 17.9 Å². The third-order valence-corrected chi connectivity index (χ3v) is 5.62. The van der Waals surface area contributed by atoms with Crippen LogP contribution in [0.25, 0.3) is 0 Å². The third kappa shape index (κ3) is 4.41.